The summed E-state index contributed by atoms with van der Waals surface area (Å²) in [6, 6.07) is 5.54. The third kappa shape index (κ3) is 1.75. The van der Waals surface area contributed by atoms with Gasteiger partial charge in [0.2, 0.25) is 0 Å². The Morgan fingerprint density at radius 1 is 1.50 bits per heavy atom. The minimum Gasteiger partial charge on any atom is -0.496 e. The van der Waals surface area contributed by atoms with Crippen LogP contribution in [0.2, 0.25) is 0 Å². The number of rotatable bonds is 3. The van der Waals surface area contributed by atoms with Gasteiger partial charge < -0.3 is 15.6 Å². The molecule has 0 fully saturated rings. The maximum absolute atomic E-state index is 8.90. The van der Waals surface area contributed by atoms with Crippen molar-refractivity contribution in [2.24, 2.45) is 5.73 Å². The normalized spacial score (nSPS) is 9.92. The van der Waals surface area contributed by atoms with Gasteiger partial charge in [0.15, 0.2) is 0 Å². The van der Waals surface area contributed by atoms with Crippen LogP contribution in [0.5, 0.6) is 5.75 Å². The summed E-state index contributed by atoms with van der Waals surface area (Å²) in [6.07, 6.45) is 0. The molecule has 0 atom stereocenters. The number of hydrogen-bond acceptors (Lipinski definition) is 3. The maximum atomic E-state index is 8.90. The van der Waals surface area contributed by atoms with Gasteiger partial charge in [-0.15, -0.1) is 0 Å². The zero-order valence-electron chi connectivity index (χ0n) is 7.08. The van der Waals surface area contributed by atoms with Gasteiger partial charge in [0, 0.05) is 12.1 Å². The van der Waals surface area contributed by atoms with Crippen LogP contribution in [0, 0.1) is 0 Å². The topological polar surface area (TPSA) is 55.5 Å². The van der Waals surface area contributed by atoms with Gasteiger partial charge in [-0.05, 0) is 11.6 Å². The van der Waals surface area contributed by atoms with Crippen molar-refractivity contribution in [3.8, 4) is 5.75 Å². The van der Waals surface area contributed by atoms with Crippen molar-refractivity contribution in [3.63, 3.8) is 0 Å². The molecule has 0 saturated heterocycles. The zero-order valence-corrected chi connectivity index (χ0v) is 7.08. The van der Waals surface area contributed by atoms with E-state index in [-0.39, 0.29) is 6.61 Å². The third-order valence-electron chi connectivity index (χ3n) is 1.76. The number of nitrogens with two attached hydrogens (primary N) is 1. The van der Waals surface area contributed by atoms with E-state index in [0.717, 1.165) is 11.1 Å². The number of methoxy groups -OCH3 is 1. The second-order valence-corrected chi connectivity index (χ2v) is 2.51. The molecule has 0 heterocycles. The Bertz CT molecular complexity index is 261. The summed E-state index contributed by atoms with van der Waals surface area (Å²) in [5, 5.41) is 8.90. The van der Waals surface area contributed by atoms with Crippen LogP contribution in [0.4, 0.5) is 0 Å². The van der Waals surface area contributed by atoms with Crippen molar-refractivity contribution in [1.82, 2.24) is 0 Å². The fourth-order valence-corrected chi connectivity index (χ4v) is 1.05. The highest BCUT2D eigenvalue weighted by atomic mass is 16.5. The van der Waals surface area contributed by atoms with E-state index in [2.05, 4.69) is 0 Å². The average molecular weight is 167 g/mol. The first kappa shape index (κ1) is 9.03. The molecule has 1 rings (SSSR count). The smallest absolute Gasteiger partial charge is 0.124 e. The van der Waals surface area contributed by atoms with Gasteiger partial charge >= 0.3 is 0 Å². The molecule has 0 aliphatic heterocycles. The van der Waals surface area contributed by atoms with Gasteiger partial charge in [-0.2, -0.15) is 0 Å². The standard InChI is InChI=1S/C9H13NO2/c1-12-9-4-7(5-10)2-3-8(9)6-11/h2-4,11H,5-6,10H2,1H3. The number of hydrogen-bond donors (Lipinski definition) is 2. The second-order valence-electron chi connectivity index (χ2n) is 2.51. The maximum Gasteiger partial charge on any atom is 0.124 e. The molecule has 3 nitrogen and oxygen atoms in total. The van der Waals surface area contributed by atoms with Crippen LogP contribution < -0.4 is 10.5 Å². The molecule has 12 heavy (non-hydrogen) atoms. The van der Waals surface area contributed by atoms with E-state index in [4.69, 9.17) is 15.6 Å². The summed E-state index contributed by atoms with van der Waals surface area (Å²) in [5.41, 5.74) is 7.24. The van der Waals surface area contributed by atoms with Crippen LogP contribution in [0.3, 0.4) is 0 Å². The molecule has 0 amide bonds. The molecule has 0 aliphatic rings. The summed E-state index contributed by atoms with van der Waals surface area (Å²) in [4.78, 5) is 0. The molecular weight excluding hydrogens is 154 g/mol. The summed E-state index contributed by atoms with van der Waals surface area (Å²) in [5.74, 6) is 0.695. The van der Waals surface area contributed by atoms with E-state index in [1.54, 1.807) is 7.11 Å². The van der Waals surface area contributed by atoms with E-state index < -0.39 is 0 Å². The Morgan fingerprint density at radius 3 is 2.75 bits per heavy atom. The predicted molar refractivity (Wildman–Crippen MR) is 46.8 cm³/mol. The molecule has 3 N–H and O–H groups in total. The number of benzene rings is 1. The van der Waals surface area contributed by atoms with Gasteiger partial charge in [-0.3, -0.25) is 0 Å². The quantitative estimate of drug-likeness (QED) is 0.694. The lowest BCUT2D eigenvalue weighted by atomic mass is 10.1. The van der Waals surface area contributed by atoms with Gasteiger partial charge in [0.25, 0.3) is 0 Å². The molecule has 0 aromatic heterocycles. The molecule has 0 radical (unpaired) electrons. The molecule has 1 aromatic rings. The van der Waals surface area contributed by atoms with Gasteiger partial charge in [-0.1, -0.05) is 12.1 Å². The van der Waals surface area contributed by atoms with Crippen molar-refractivity contribution in [3.05, 3.63) is 29.3 Å². The first-order valence-corrected chi connectivity index (χ1v) is 3.78. The van der Waals surface area contributed by atoms with E-state index in [1.165, 1.54) is 0 Å². The van der Waals surface area contributed by atoms with Crippen LogP contribution in [0.15, 0.2) is 18.2 Å². The Labute approximate surface area is 71.8 Å². The number of aliphatic hydroxyl groups is 1. The molecular formula is C9H13NO2. The molecule has 0 saturated carbocycles. The number of aliphatic hydroxyl groups excluding tert-OH is 1. The van der Waals surface area contributed by atoms with Crippen LogP contribution in [-0.4, -0.2) is 12.2 Å². The molecule has 0 bridgehead atoms. The SMILES string of the molecule is COc1cc(CN)ccc1CO. The Kier molecular flexibility index (Phi) is 3.08. The van der Waals surface area contributed by atoms with Crippen LogP contribution in [-0.2, 0) is 13.2 Å². The minimum absolute atomic E-state index is 0.00593. The Hall–Kier alpha value is -1.06. The summed E-state index contributed by atoms with van der Waals surface area (Å²) in [7, 11) is 1.58. The first-order valence-electron chi connectivity index (χ1n) is 3.78. The first-order chi connectivity index (χ1) is 5.81. The molecule has 0 unspecified atom stereocenters. The van der Waals surface area contributed by atoms with Gasteiger partial charge in [0.1, 0.15) is 5.75 Å². The largest absolute Gasteiger partial charge is 0.496 e. The lowest BCUT2D eigenvalue weighted by Crippen LogP contribution is -1.98. The Morgan fingerprint density at radius 2 is 2.25 bits per heavy atom. The molecule has 1 aromatic carbocycles. The second kappa shape index (κ2) is 4.09. The molecule has 0 spiro atoms. The molecule has 3 heteroatoms. The molecule has 66 valence electrons. The van der Waals surface area contributed by atoms with Crippen molar-refractivity contribution in [1.29, 1.82) is 0 Å². The predicted octanol–water partition coefficient (Wildman–Crippen LogP) is 0.646. The van der Waals surface area contributed by atoms with Gasteiger partial charge in [-0.25, -0.2) is 0 Å². The van der Waals surface area contributed by atoms with Crippen molar-refractivity contribution >= 4 is 0 Å². The number of ether oxygens (including phenoxy) is 1. The summed E-state index contributed by atoms with van der Waals surface area (Å²) >= 11 is 0. The lowest BCUT2D eigenvalue weighted by Gasteiger charge is -2.07. The highest BCUT2D eigenvalue weighted by molar-refractivity contribution is 5.36. The van der Waals surface area contributed by atoms with E-state index in [9.17, 15) is 0 Å². The third-order valence-corrected chi connectivity index (χ3v) is 1.76. The van der Waals surface area contributed by atoms with Crippen LogP contribution >= 0.6 is 0 Å². The van der Waals surface area contributed by atoms with Crippen molar-refractivity contribution in [2.45, 2.75) is 13.2 Å². The summed E-state index contributed by atoms with van der Waals surface area (Å²) in [6.45, 7) is 0.482. The Balaban J connectivity index is 3.02. The average Bonchev–Trinajstić information content (AvgIpc) is 2.16. The van der Waals surface area contributed by atoms with E-state index >= 15 is 0 Å². The minimum atomic E-state index is -0.00593. The fourth-order valence-electron chi connectivity index (χ4n) is 1.05. The van der Waals surface area contributed by atoms with Crippen LogP contribution in [0.25, 0.3) is 0 Å². The highest BCUT2D eigenvalue weighted by Gasteiger charge is 2.01. The van der Waals surface area contributed by atoms with Crippen molar-refractivity contribution < 1.29 is 9.84 Å². The lowest BCUT2D eigenvalue weighted by molar-refractivity contribution is 0.273. The van der Waals surface area contributed by atoms with E-state index in [0.29, 0.717) is 12.3 Å². The zero-order chi connectivity index (χ0) is 8.97. The van der Waals surface area contributed by atoms with E-state index in [1.807, 2.05) is 18.2 Å². The van der Waals surface area contributed by atoms with Gasteiger partial charge in [0.05, 0.1) is 13.7 Å². The summed E-state index contributed by atoms with van der Waals surface area (Å²) < 4.78 is 5.06. The molecule has 0 aliphatic carbocycles. The highest BCUT2D eigenvalue weighted by Crippen LogP contribution is 2.19. The monoisotopic (exact) mass is 167 g/mol. The van der Waals surface area contributed by atoms with Crippen molar-refractivity contribution in [2.75, 3.05) is 7.11 Å². The van der Waals surface area contributed by atoms with Crippen LogP contribution in [0.1, 0.15) is 11.1 Å². The fraction of sp³-hybridized carbons (Fsp3) is 0.333.